The quantitative estimate of drug-likeness (QED) is 0.735. The van der Waals surface area contributed by atoms with Crippen LogP contribution in [0.2, 0.25) is 0 Å². The Labute approximate surface area is 154 Å². The van der Waals surface area contributed by atoms with Gasteiger partial charge in [-0.3, -0.25) is 4.99 Å². The van der Waals surface area contributed by atoms with Crippen LogP contribution in [-0.4, -0.2) is 25.2 Å². The third kappa shape index (κ3) is 4.50. The van der Waals surface area contributed by atoms with E-state index in [0.29, 0.717) is 6.54 Å². The lowest BCUT2D eigenvalue weighted by atomic mass is 10.0. The van der Waals surface area contributed by atoms with Crippen LogP contribution in [0.15, 0.2) is 41.4 Å². The summed E-state index contributed by atoms with van der Waals surface area (Å²) >= 11 is 0. The number of ether oxygens (including phenoxy) is 1. The SMILES string of the molecule is CC(C)Oc1ccc2ccccc2c1CNC1=NCCCN1.I. The van der Waals surface area contributed by atoms with Gasteiger partial charge >= 0.3 is 0 Å². The summed E-state index contributed by atoms with van der Waals surface area (Å²) in [5, 5.41) is 9.16. The molecule has 0 aromatic heterocycles. The van der Waals surface area contributed by atoms with Crippen molar-refractivity contribution in [2.75, 3.05) is 13.1 Å². The summed E-state index contributed by atoms with van der Waals surface area (Å²) in [5.41, 5.74) is 1.18. The first kappa shape index (κ1) is 17.8. The molecule has 0 radical (unpaired) electrons. The van der Waals surface area contributed by atoms with Crippen LogP contribution >= 0.6 is 24.0 Å². The number of rotatable bonds is 4. The van der Waals surface area contributed by atoms with Gasteiger partial charge in [-0.1, -0.05) is 30.3 Å². The smallest absolute Gasteiger partial charge is 0.191 e. The minimum atomic E-state index is 0. The Hall–Kier alpha value is -1.50. The minimum absolute atomic E-state index is 0. The molecule has 124 valence electrons. The van der Waals surface area contributed by atoms with Crippen LogP contribution in [-0.2, 0) is 6.54 Å². The normalized spacial score (nSPS) is 14.0. The van der Waals surface area contributed by atoms with E-state index >= 15 is 0 Å². The molecule has 0 unspecified atom stereocenters. The van der Waals surface area contributed by atoms with E-state index in [9.17, 15) is 0 Å². The molecule has 2 N–H and O–H groups in total. The fourth-order valence-corrected chi connectivity index (χ4v) is 2.69. The fraction of sp³-hybridized carbons (Fsp3) is 0.389. The van der Waals surface area contributed by atoms with Crippen LogP contribution in [0.4, 0.5) is 0 Å². The number of hydrogen-bond acceptors (Lipinski definition) is 4. The molecular formula is C18H24IN3O. The lowest BCUT2D eigenvalue weighted by Gasteiger charge is -2.20. The topological polar surface area (TPSA) is 45.6 Å². The third-order valence-electron chi connectivity index (χ3n) is 3.69. The lowest BCUT2D eigenvalue weighted by Crippen LogP contribution is -2.40. The lowest BCUT2D eigenvalue weighted by molar-refractivity contribution is 0.240. The molecular weight excluding hydrogens is 401 g/mol. The molecule has 0 atom stereocenters. The predicted octanol–water partition coefficient (Wildman–Crippen LogP) is 3.68. The van der Waals surface area contributed by atoms with Crippen molar-refractivity contribution in [3.8, 4) is 5.75 Å². The van der Waals surface area contributed by atoms with Gasteiger partial charge in [0.15, 0.2) is 5.96 Å². The number of nitrogens with zero attached hydrogens (tertiary/aromatic N) is 1. The summed E-state index contributed by atoms with van der Waals surface area (Å²) < 4.78 is 5.99. The molecule has 3 rings (SSSR count). The Morgan fingerprint density at radius 2 is 2.04 bits per heavy atom. The zero-order chi connectivity index (χ0) is 15.4. The summed E-state index contributed by atoms with van der Waals surface area (Å²) in [4.78, 5) is 4.47. The average Bonchev–Trinajstić information content (AvgIpc) is 2.54. The van der Waals surface area contributed by atoms with Gasteiger partial charge in [0.25, 0.3) is 0 Å². The van der Waals surface area contributed by atoms with Crippen LogP contribution < -0.4 is 15.4 Å². The summed E-state index contributed by atoms with van der Waals surface area (Å²) in [7, 11) is 0. The summed E-state index contributed by atoms with van der Waals surface area (Å²) in [5.74, 6) is 1.83. The second-order valence-electron chi connectivity index (χ2n) is 5.79. The van der Waals surface area contributed by atoms with Crippen LogP contribution in [0.3, 0.4) is 0 Å². The number of benzene rings is 2. The van der Waals surface area contributed by atoms with Gasteiger partial charge in [0.1, 0.15) is 5.75 Å². The summed E-state index contributed by atoms with van der Waals surface area (Å²) in [6.07, 6.45) is 1.26. The number of aliphatic imine (C=N–C) groups is 1. The maximum atomic E-state index is 5.99. The van der Waals surface area contributed by atoms with Gasteiger partial charge in [0, 0.05) is 25.2 Å². The zero-order valence-corrected chi connectivity index (χ0v) is 16.0. The van der Waals surface area contributed by atoms with Crippen molar-refractivity contribution in [3.05, 3.63) is 42.0 Å². The molecule has 0 fully saturated rings. The number of hydrogen-bond donors (Lipinski definition) is 2. The fourth-order valence-electron chi connectivity index (χ4n) is 2.69. The maximum absolute atomic E-state index is 5.99. The Bertz CT molecular complexity index is 685. The number of guanidine groups is 1. The largest absolute Gasteiger partial charge is 0.491 e. The van der Waals surface area contributed by atoms with Gasteiger partial charge in [-0.2, -0.15) is 0 Å². The standard InChI is InChI=1S/C18H23N3O.HI/c1-13(2)22-17-9-8-14-6-3-4-7-15(14)16(17)12-21-18-19-10-5-11-20-18;/h3-4,6-9,13H,5,10-12H2,1-2H3,(H2,19,20,21);1H. The third-order valence-corrected chi connectivity index (χ3v) is 3.69. The molecule has 5 heteroatoms. The maximum Gasteiger partial charge on any atom is 0.191 e. The number of nitrogens with one attached hydrogen (secondary N) is 2. The van der Waals surface area contributed by atoms with E-state index in [0.717, 1.165) is 31.2 Å². The molecule has 2 aromatic carbocycles. The van der Waals surface area contributed by atoms with Crippen LogP contribution in [0.5, 0.6) is 5.75 Å². The summed E-state index contributed by atoms with van der Waals surface area (Å²) in [6, 6.07) is 12.6. The molecule has 1 heterocycles. The van der Waals surface area contributed by atoms with Gasteiger partial charge in [-0.25, -0.2) is 0 Å². The van der Waals surface area contributed by atoms with Crippen LogP contribution in [0.25, 0.3) is 10.8 Å². The second kappa shape index (κ2) is 8.38. The molecule has 1 aliphatic heterocycles. The molecule has 1 aliphatic rings. The van der Waals surface area contributed by atoms with E-state index in [2.05, 4.69) is 65.9 Å². The van der Waals surface area contributed by atoms with Crippen molar-refractivity contribution in [2.24, 2.45) is 4.99 Å². The Balaban J connectivity index is 0.00000192. The van der Waals surface area contributed by atoms with Crippen molar-refractivity contribution in [1.29, 1.82) is 0 Å². The highest BCUT2D eigenvalue weighted by Gasteiger charge is 2.11. The van der Waals surface area contributed by atoms with Crippen molar-refractivity contribution in [2.45, 2.75) is 32.9 Å². The highest BCUT2D eigenvalue weighted by molar-refractivity contribution is 14.0. The molecule has 0 spiro atoms. The minimum Gasteiger partial charge on any atom is -0.491 e. The molecule has 2 aromatic rings. The molecule has 23 heavy (non-hydrogen) atoms. The predicted molar refractivity (Wildman–Crippen MR) is 107 cm³/mol. The summed E-state index contributed by atoms with van der Waals surface area (Å²) in [6.45, 7) is 6.69. The Morgan fingerprint density at radius 1 is 1.22 bits per heavy atom. The highest BCUT2D eigenvalue weighted by atomic mass is 127. The molecule has 0 aliphatic carbocycles. The highest BCUT2D eigenvalue weighted by Crippen LogP contribution is 2.28. The van der Waals surface area contributed by atoms with E-state index in [1.54, 1.807) is 0 Å². The zero-order valence-electron chi connectivity index (χ0n) is 13.6. The first-order valence-electron chi connectivity index (χ1n) is 7.93. The van der Waals surface area contributed by atoms with Crippen molar-refractivity contribution < 1.29 is 4.74 Å². The van der Waals surface area contributed by atoms with Crippen molar-refractivity contribution in [3.63, 3.8) is 0 Å². The first-order chi connectivity index (χ1) is 10.7. The van der Waals surface area contributed by atoms with Gasteiger partial charge in [0.05, 0.1) is 6.10 Å². The average molecular weight is 425 g/mol. The van der Waals surface area contributed by atoms with E-state index in [-0.39, 0.29) is 30.1 Å². The van der Waals surface area contributed by atoms with Gasteiger partial charge in [-0.15, -0.1) is 24.0 Å². The Morgan fingerprint density at radius 3 is 2.78 bits per heavy atom. The Kier molecular flexibility index (Phi) is 6.50. The number of halogens is 1. The van der Waals surface area contributed by atoms with Crippen LogP contribution in [0, 0.1) is 0 Å². The molecule has 0 saturated carbocycles. The van der Waals surface area contributed by atoms with E-state index in [1.807, 2.05) is 0 Å². The van der Waals surface area contributed by atoms with Gasteiger partial charge in [-0.05, 0) is 37.1 Å². The first-order valence-corrected chi connectivity index (χ1v) is 7.93. The molecule has 0 bridgehead atoms. The molecule has 0 amide bonds. The van der Waals surface area contributed by atoms with Gasteiger partial charge < -0.3 is 15.4 Å². The van der Waals surface area contributed by atoms with E-state index in [4.69, 9.17) is 4.74 Å². The van der Waals surface area contributed by atoms with E-state index in [1.165, 1.54) is 16.3 Å². The number of fused-ring (bicyclic) bond motifs is 1. The monoisotopic (exact) mass is 425 g/mol. The van der Waals surface area contributed by atoms with Crippen molar-refractivity contribution >= 4 is 40.7 Å². The van der Waals surface area contributed by atoms with E-state index < -0.39 is 0 Å². The molecule has 0 saturated heterocycles. The molecule has 4 nitrogen and oxygen atoms in total. The second-order valence-corrected chi connectivity index (χ2v) is 5.79. The van der Waals surface area contributed by atoms with Gasteiger partial charge in [0.2, 0.25) is 0 Å². The van der Waals surface area contributed by atoms with Crippen molar-refractivity contribution in [1.82, 2.24) is 10.6 Å². The van der Waals surface area contributed by atoms with Crippen LogP contribution in [0.1, 0.15) is 25.8 Å².